The molecule has 0 aliphatic rings. The summed E-state index contributed by atoms with van der Waals surface area (Å²) in [6, 6.07) is 3.44. The number of hydrogen-bond donors (Lipinski definition) is 2. The quantitative estimate of drug-likeness (QED) is 0.577. The van der Waals surface area contributed by atoms with Crippen molar-refractivity contribution in [3.63, 3.8) is 0 Å². The molecule has 0 saturated carbocycles. The van der Waals surface area contributed by atoms with E-state index in [2.05, 4.69) is 37.9 Å². The van der Waals surface area contributed by atoms with Gasteiger partial charge in [-0.3, -0.25) is 9.69 Å². The Balaban J connectivity index is 0. The van der Waals surface area contributed by atoms with Crippen LogP contribution in [0.5, 0.6) is 5.75 Å². The second-order valence-corrected chi connectivity index (χ2v) is 6.70. The number of likely N-dealkylation sites (N-methyl/N-ethyl adjacent to an activating group) is 1. The van der Waals surface area contributed by atoms with E-state index in [0.717, 1.165) is 19.5 Å². The van der Waals surface area contributed by atoms with Crippen LogP contribution in [0.1, 0.15) is 44.5 Å². The van der Waals surface area contributed by atoms with E-state index in [-0.39, 0.29) is 30.7 Å². The van der Waals surface area contributed by atoms with Crippen LogP contribution in [0, 0.1) is 5.92 Å². The normalized spacial score (nSPS) is 11.5. The third-order valence-corrected chi connectivity index (χ3v) is 4.46. The Bertz CT molecular complexity index is 553. The van der Waals surface area contributed by atoms with Gasteiger partial charge in [-0.2, -0.15) is 0 Å². The third-order valence-electron chi connectivity index (χ3n) is 4.13. The van der Waals surface area contributed by atoms with E-state index in [1.165, 1.54) is 7.11 Å². The number of nitrogens with two attached hydrogens (primary N) is 1. The van der Waals surface area contributed by atoms with Crippen LogP contribution < -0.4 is 15.8 Å². The Labute approximate surface area is 174 Å². The van der Waals surface area contributed by atoms with Gasteiger partial charge in [0.05, 0.1) is 23.4 Å². The molecule has 8 heteroatoms. The SMILES string of the molecule is CCN(CC)C(CNC(=O)c1cc(Cl)c(N)cc1OC)CC(C)C.Cl.Cl. The van der Waals surface area contributed by atoms with Gasteiger partial charge in [0, 0.05) is 18.7 Å². The van der Waals surface area contributed by atoms with Gasteiger partial charge < -0.3 is 15.8 Å². The van der Waals surface area contributed by atoms with Crippen LogP contribution in [-0.4, -0.2) is 43.6 Å². The number of carbonyl (C=O) groups excluding carboxylic acids is 1. The predicted octanol–water partition coefficient (Wildman–Crippen LogP) is 4.26. The summed E-state index contributed by atoms with van der Waals surface area (Å²) in [5, 5.41) is 3.37. The molecule has 0 bridgehead atoms. The van der Waals surface area contributed by atoms with Crippen molar-refractivity contribution < 1.29 is 9.53 Å². The highest BCUT2D eigenvalue weighted by molar-refractivity contribution is 6.33. The summed E-state index contributed by atoms with van der Waals surface area (Å²) in [5.74, 6) is 0.792. The summed E-state index contributed by atoms with van der Waals surface area (Å²) in [6.45, 7) is 11.2. The Morgan fingerprint density at radius 2 is 1.85 bits per heavy atom. The van der Waals surface area contributed by atoms with Gasteiger partial charge in [0.25, 0.3) is 5.91 Å². The second-order valence-electron chi connectivity index (χ2n) is 6.29. The van der Waals surface area contributed by atoms with Crippen LogP contribution in [0.15, 0.2) is 12.1 Å². The molecule has 0 aliphatic carbocycles. The van der Waals surface area contributed by atoms with Gasteiger partial charge in [0.15, 0.2) is 0 Å². The zero-order valence-electron chi connectivity index (χ0n) is 16.2. The van der Waals surface area contributed by atoms with Gasteiger partial charge in [0.2, 0.25) is 0 Å². The molecular weight excluding hydrogens is 397 g/mol. The van der Waals surface area contributed by atoms with Crippen molar-refractivity contribution in [3.8, 4) is 5.75 Å². The van der Waals surface area contributed by atoms with Crippen LogP contribution >= 0.6 is 36.4 Å². The van der Waals surface area contributed by atoms with Crippen molar-refractivity contribution in [2.24, 2.45) is 5.92 Å². The number of amides is 1. The number of rotatable bonds is 9. The number of anilines is 1. The number of nitrogens with zero attached hydrogens (tertiary/aromatic N) is 1. The van der Waals surface area contributed by atoms with Gasteiger partial charge in [-0.1, -0.05) is 39.3 Å². The largest absolute Gasteiger partial charge is 0.496 e. The molecule has 5 nitrogen and oxygen atoms in total. The Kier molecular flexibility index (Phi) is 14.0. The fourth-order valence-electron chi connectivity index (χ4n) is 2.87. The Morgan fingerprint density at radius 1 is 1.27 bits per heavy atom. The first-order valence-corrected chi connectivity index (χ1v) is 8.86. The van der Waals surface area contributed by atoms with E-state index in [1.54, 1.807) is 12.1 Å². The summed E-state index contributed by atoms with van der Waals surface area (Å²) in [7, 11) is 1.51. The van der Waals surface area contributed by atoms with Gasteiger partial charge in [-0.25, -0.2) is 0 Å². The predicted molar refractivity (Wildman–Crippen MR) is 115 cm³/mol. The summed E-state index contributed by atoms with van der Waals surface area (Å²) in [6.07, 6.45) is 1.03. The molecule has 1 aromatic rings. The number of methoxy groups -OCH3 is 1. The minimum atomic E-state index is -0.199. The fraction of sp³-hybridized carbons (Fsp3) is 0.611. The maximum absolute atomic E-state index is 12.6. The first kappa shape index (κ1) is 27.3. The lowest BCUT2D eigenvalue weighted by atomic mass is 10.0. The summed E-state index contributed by atoms with van der Waals surface area (Å²) < 4.78 is 5.25. The average molecular weight is 429 g/mol. The number of halogens is 3. The molecule has 1 amide bonds. The number of hydrogen-bond acceptors (Lipinski definition) is 4. The van der Waals surface area contributed by atoms with Crippen molar-refractivity contribution in [1.82, 2.24) is 10.2 Å². The van der Waals surface area contributed by atoms with Crippen molar-refractivity contribution in [3.05, 3.63) is 22.7 Å². The molecule has 1 rings (SSSR count). The molecule has 0 saturated heterocycles. The van der Waals surface area contributed by atoms with E-state index in [9.17, 15) is 4.79 Å². The van der Waals surface area contributed by atoms with E-state index in [1.807, 2.05) is 0 Å². The lowest BCUT2D eigenvalue weighted by Crippen LogP contribution is -2.44. The Morgan fingerprint density at radius 3 is 2.31 bits per heavy atom. The molecule has 0 aromatic heterocycles. The monoisotopic (exact) mass is 427 g/mol. The first-order valence-electron chi connectivity index (χ1n) is 8.49. The smallest absolute Gasteiger partial charge is 0.255 e. The van der Waals surface area contributed by atoms with E-state index >= 15 is 0 Å². The van der Waals surface area contributed by atoms with E-state index in [0.29, 0.717) is 40.5 Å². The number of nitrogen functional groups attached to an aromatic ring is 1. The number of nitrogens with one attached hydrogen (secondary N) is 1. The third kappa shape index (κ3) is 7.78. The van der Waals surface area contributed by atoms with Gasteiger partial charge >= 0.3 is 0 Å². The maximum Gasteiger partial charge on any atom is 0.255 e. The average Bonchev–Trinajstić information content (AvgIpc) is 2.54. The highest BCUT2D eigenvalue weighted by Crippen LogP contribution is 2.28. The van der Waals surface area contributed by atoms with E-state index in [4.69, 9.17) is 22.1 Å². The molecule has 0 heterocycles. The molecule has 3 N–H and O–H groups in total. The van der Waals surface area contributed by atoms with Crippen molar-refractivity contribution in [1.29, 1.82) is 0 Å². The zero-order chi connectivity index (χ0) is 18.3. The molecule has 0 fully saturated rings. The van der Waals surface area contributed by atoms with Gasteiger partial charge in [0.1, 0.15) is 5.75 Å². The fourth-order valence-corrected chi connectivity index (χ4v) is 3.03. The standard InChI is InChI=1S/C18H30ClN3O2.2ClH/c1-6-22(7-2)13(8-12(3)4)11-21-18(23)14-9-15(19)16(20)10-17(14)24-5;;/h9-10,12-13H,6-8,11,20H2,1-5H3,(H,21,23);2*1H. The lowest BCUT2D eigenvalue weighted by Gasteiger charge is -2.31. The van der Waals surface area contributed by atoms with Crippen LogP contribution in [0.3, 0.4) is 0 Å². The minimum absolute atomic E-state index is 0. The molecule has 0 radical (unpaired) electrons. The van der Waals surface area contributed by atoms with Crippen molar-refractivity contribution in [2.45, 2.75) is 40.2 Å². The highest BCUT2D eigenvalue weighted by atomic mass is 35.5. The molecule has 1 aromatic carbocycles. The highest BCUT2D eigenvalue weighted by Gasteiger charge is 2.20. The maximum atomic E-state index is 12.6. The molecule has 26 heavy (non-hydrogen) atoms. The molecule has 1 unspecified atom stereocenters. The number of carbonyl (C=O) groups is 1. The van der Waals surface area contributed by atoms with Gasteiger partial charge in [-0.15, -0.1) is 24.8 Å². The minimum Gasteiger partial charge on any atom is -0.496 e. The zero-order valence-corrected chi connectivity index (χ0v) is 18.6. The molecule has 0 aliphatic heterocycles. The van der Waals surface area contributed by atoms with Crippen LogP contribution in [0.2, 0.25) is 5.02 Å². The molecule has 152 valence electrons. The number of benzene rings is 1. The van der Waals surface area contributed by atoms with Crippen molar-refractivity contribution >= 4 is 48.0 Å². The van der Waals surface area contributed by atoms with Crippen LogP contribution in [0.25, 0.3) is 0 Å². The molecule has 0 spiro atoms. The topological polar surface area (TPSA) is 67.6 Å². The van der Waals surface area contributed by atoms with Crippen molar-refractivity contribution in [2.75, 3.05) is 32.5 Å². The lowest BCUT2D eigenvalue weighted by molar-refractivity contribution is 0.0926. The van der Waals surface area contributed by atoms with Gasteiger partial charge in [-0.05, 0) is 31.5 Å². The number of ether oxygens (including phenoxy) is 1. The Hall–Kier alpha value is -0.880. The van der Waals surface area contributed by atoms with E-state index < -0.39 is 0 Å². The molecular formula is C18H32Cl3N3O2. The second kappa shape index (κ2) is 13.3. The first-order chi connectivity index (χ1) is 11.3. The summed E-state index contributed by atoms with van der Waals surface area (Å²) >= 11 is 6.04. The molecule has 1 atom stereocenters. The van der Waals surface area contributed by atoms with Crippen LogP contribution in [-0.2, 0) is 0 Å². The summed E-state index contributed by atoms with van der Waals surface area (Å²) in [4.78, 5) is 14.9. The summed E-state index contributed by atoms with van der Waals surface area (Å²) in [5.41, 5.74) is 6.56. The van der Waals surface area contributed by atoms with Crippen LogP contribution in [0.4, 0.5) is 5.69 Å².